The van der Waals surface area contributed by atoms with E-state index >= 15 is 0 Å². The first-order chi connectivity index (χ1) is 7.91. The van der Waals surface area contributed by atoms with Crippen LogP contribution in [-0.2, 0) is 4.79 Å². The molecule has 0 aliphatic carbocycles. The minimum atomic E-state index is -1.59. The van der Waals surface area contributed by atoms with Gasteiger partial charge in [-0.05, 0) is 40.8 Å². The van der Waals surface area contributed by atoms with E-state index in [1.807, 2.05) is 22.6 Å². The summed E-state index contributed by atoms with van der Waals surface area (Å²) in [4.78, 5) is 22.1. The van der Waals surface area contributed by atoms with Crippen molar-refractivity contribution in [3.05, 3.63) is 31.8 Å². The molecule has 0 fully saturated rings. The molecule has 1 unspecified atom stereocenters. The molecule has 0 aliphatic heterocycles. The molecule has 7 heteroatoms. The molecule has 17 heavy (non-hydrogen) atoms. The smallest absolute Gasteiger partial charge is 0.334 e. The molecule has 1 rings (SSSR count). The standard InChI is InChI=1S/C10H9BrINO4/c11-5-1-2-7(12)6(3-5)9(15)13-4-8(14)10(16)17/h1-3,8,14H,4H2,(H,13,15)(H,16,17). The van der Waals surface area contributed by atoms with Crippen molar-refractivity contribution in [2.45, 2.75) is 6.10 Å². The monoisotopic (exact) mass is 413 g/mol. The Kier molecular flexibility index (Phi) is 5.34. The molecule has 0 saturated heterocycles. The van der Waals surface area contributed by atoms with Crippen molar-refractivity contribution in [1.29, 1.82) is 0 Å². The summed E-state index contributed by atoms with van der Waals surface area (Å²) in [7, 11) is 0. The van der Waals surface area contributed by atoms with Crippen LogP contribution in [0.25, 0.3) is 0 Å². The number of hydrogen-bond donors (Lipinski definition) is 3. The maximum absolute atomic E-state index is 11.7. The Balaban J connectivity index is 2.70. The van der Waals surface area contributed by atoms with E-state index in [9.17, 15) is 9.59 Å². The van der Waals surface area contributed by atoms with Crippen LogP contribution in [-0.4, -0.2) is 34.7 Å². The van der Waals surface area contributed by atoms with Gasteiger partial charge in [0.15, 0.2) is 6.10 Å². The summed E-state index contributed by atoms with van der Waals surface area (Å²) in [6.07, 6.45) is -1.59. The van der Waals surface area contributed by atoms with Gasteiger partial charge in [0.05, 0.1) is 12.1 Å². The van der Waals surface area contributed by atoms with Gasteiger partial charge in [0.1, 0.15) is 0 Å². The molecular formula is C10H9BrINO4. The van der Waals surface area contributed by atoms with Gasteiger partial charge in [-0.3, -0.25) is 4.79 Å². The van der Waals surface area contributed by atoms with Crippen molar-refractivity contribution in [3.63, 3.8) is 0 Å². The number of carbonyl (C=O) groups is 2. The number of aliphatic hydroxyl groups is 1. The van der Waals surface area contributed by atoms with Crippen LogP contribution in [0.4, 0.5) is 0 Å². The van der Waals surface area contributed by atoms with Crippen molar-refractivity contribution in [2.75, 3.05) is 6.54 Å². The predicted molar refractivity (Wildman–Crippen MR) is 72.8 cm³/mol. The maximum atomic E-state index is 11.7. The molecule has 0 aliphatic rings. The Hall–Kier alpha value is -0.670. The molecule has 0 radical (unpaired) electrons. The van der Waals surface area contributed by atoms with E-state index in [1.54, 1.807) is 18.2 Å². The lowest BCUT2D eigenvalue weighted by Gasteiger charge is -2.09. The number of carboxylic acid groups (broad SMARTS) is 1. The quantitative estimate of drug-likeness (QED) is 0.648. The van der Waals surface area contributed by atoms with Crippen LogP contribution in [0, 0.1) is 3.57 Å². The molecule has 1 aromatic rings. The Morgan fingerprint density at radius 1 is 1.47 bits per heavy atom. The summed E-state index contributed by atoms with van der Waals surface area (Å²) >= 11 is 5.24. The lowest BCUT2D eigenvalue weighted by molar-refractivity contribution is -0.146. The summed E-state index contributed by atoms with van der Waals surface area (Å²) in [5.41, 5.74) is 0.428. The molecule has 0 spiro atoms. The van der Waals surface area contributed by atoms with Crippen LogP contribution >= 0.6 is 38.5 Å². The third kappa shape index (κ3) is 4.25. The van der Waals surface area contributed by atoms with Crippen LogP contribution in [0.1, 0.15) is 10.4 Å². The van der Waals surface area contributed by atoms with Gasteiger partial charge < -0.3 is 15.5 Å². The molecule has 5 nitrogen and oxygen atoms in total. The van der Waals surface area contributed by atoms with Gasteiger partial charge in [-0.15, -0.1) is 0 Å². The fourth-order valence-electron chi connectivity index (χ4n) is 1.04. The van der Waals surface area contributed by atoms with E-state index in [1.165, 1.54) is 0 Å². The summed E-state index contributed by atoms with van der Waals surface area (Å²) in [5.74, 6) is -1.79. The highest BCUT2D eigenvalue weighted by Gasteiger charge is 2.16. The fourth-order valence-corrected chi connectivity index (χ4v) is 1.98. The van der Waals surface area contributed by atoms with E-state index in [0.29, 0.717) is 5.56 Å². The number of amides is 1. The predicted octanol–water partition coefficient (Wildman–Crippen LogP) is 1.23. The lowest BCUT2D eigenvalue weighted by atomic mass is 10.2. The van der Waals surface area contributed by atoms with E-state index < -0.39 is 18.0 Å². The number of hydrogen-bond acceptors (Lipinski definition) is 3. The van der Waals surface area contributed by atoms with Crippen molar-refractivity contribution in [3.8, 4) is 0 Å². The summed E-state index contributed by atoms with van der Waals surface area (Å²) in [6.45, 7) is -0.323. The van der Waals surface area contributed by atoms with E-state index in [-0.39, 0.29) is 6.54 Å². The molecule has 0 aromatic heterocycles. The van der Waals surface area contributed by atoms with Gasteiger partial charge in [0, 0.05) is 8.04 Å². The normalized spacial score (nSPS) is 11.9. The zero-order chi connectivity index (χ0) is 13.0. The molecule has 1 amide bonds. The molecule has 1 atom stereocenters. The third-order valence-electron chi connectivity index (χ3n) is 1.91. The molecular weight excluding hydrogens is 405 g/mol. The number of halogens is 2. The number of carbonyl (C=O) groups excluding carboxylic acids is 1. The molecule has 0 saturated carbocycles. The first kappa shape index (κ1) is 14.4. The average molecular weight is 414 g/mol. The molecule has 3 N–H and O–H groups in total. The molecule has 92 valence electrons. The molecule has 0 bridgehead atoms. The Labute approximate surface area is 119 Å². The average Bonchev–Trinajstić information content (AvgIpc) is 2.28. The highest BCUT2D eigenvalue weighted by Crippen LogP contribution is 2.18. The first-order valence-electron chi connectivity index (χ1n) is 4.56. The lowest BCUT2D eigenvalue weighted by Crippen LogP contribution is -2.36. The summed E-state index contributed by atoms with van der Waals surface area (Å²) in [5, 5.41) is 19.8. The fraction of sp³-hybridized carbons (Fsp3) is 0.200. The summed E-state index contributed by atoms with van der Waals surface area (Å²) < 4.78 is 1.50. The van der Waals surface area contributed by atoms with E-state index in [0.717, 1.165) is 8.04 Å². The summed E-state index contributed by atoms with van der Waals surface area (Å²) in [6, 6.07) is 5.18. The van der Waals surface area contributed by atoms with Crippen LogP contribution in [0.5, 0.6) is 0 Å². The first-order valence-corrected chi connectivity index (χ1v) is 6.43. The highest BCUT2D eigenvalue weighted by atomic mass is 127. The van der Waals surface area contributed by atoms with Crippen molar-refractivity contribution in [1.82, 2.24) is 5.32 Å². The van der Waals surface area contributed by atoms with Crippen LogP contribution in [0.3, 0.4) is 0 Å². The minimum Gasteiger partial charge on any atom is -0.479 e. The van der Waals surface area contributed by atoms with Gasteiger partial charge in [-0.2, -0.15) is 0 Å². The van der Waals surface area contributed by atoms with Crippen LogP contribution in [0.15, 0.2) is 22.7 Å². The van der Waals surface area contributed by atoms with Gasteiger partial charge in [-0.25, -0.2) is 4.79 Å². The second kappa shape index (κ2) is 6.31. The molecule has 0 heterocycles. The number of aliphatic carboxylic acids is 1. The second-order valence-corrected chi connectivity index (χ2v) is 5.27. The Bertz CT molecular complexity index is 452. The van der Waals surface area contributed by atoms with Gasteiger partial charge in [0.25, 0.3) is 5.91 Å². The zero-order valence-corrected chi connectivity index (χ0v) is 12.2. The van der Waals surface area contributed by atoms with Crippen molar-refractivity contribution in [2.24, 2.45) is 0 Å². The number of rotatable bonds is 4. The van der Waals surface area contributed by atoms with Crippen molar-refractivity contribution < 1.29 is 19.8 Å². The third-order valence-corrected chi connectivity index (χ3v) is 3.35. The van der Waals surface area contributed by atoms with Crippen LogP contribution < -0.4 is 5.32 Å². The Morgan fingerprint density at radius 2 is 2.12 bits per heavy atom. The number of carboxylic acids is 1. The number of benzene rings is 1. The second-order valence-electron chi connectivity index (χ2n) is 3.19. The topological polar surface area (TPSA) is 86.6 Å². The van der Waals surface area contributed by atoms with Gasteiger partial charge >= 0.3 is 5.97 Å². The minimum absolute atomic E-state index is 0.323. The molecule has 1 aromatic carbocycles. The van der Waals surface area contributed by atoms with Gasteiger partial charge in [0.2, 0.25) is 0 Å². The highest BCUT2D eigenvalue weighted by molar-refractivity contribution is 14.1. The van der Waals surface area contributed by atoms with E-state index in [4.69, 9.17) is 10.2 Å². The zero-order valence-electron chi connectivity index (χ0n) is 8.48. The SMILES string of the molecule is O=C(NCC(O)C(=O)O)c1cc(Br)ccc1I. The van der Waals surface area contributed by atoms with Crippen LogP contribution in [0.2, 0.25) is 0 Å². The van der Waals surface area contributed by atoms with Gasteiger partial charge in [-0.1, -0.05) is 15.9 Å². The van der Waals surface area contributed by atoms with E-state index in [2.05, 4.69) is 21.2 Å². The Morgan fingerprint density at radius 3 is 2.71 bits per heavy atom. The largest absolute Gasteiger partial charge is 0.479 e. The number of nitrogens with one attached hydrogen (secondary N) is 1. The maximum Gasteiger partial charge on any atom is 0.334 e. The number of aliphatic hydroxyl groups excluding tert-OH is 1. The van der Waals surface area contributed by atoms with Crippen molar-refractivity contribution >= 4 is 50.4 Å².